The molecule has 0 aliphatic heterocycles. The predicted octanol–water partition coefficient (Wildman–Crippen LogP) is 6.74. The van der Waals surface area contributed by atoms with Crippen LogP contribution >= 0.6 is 15.9 Å². The van der Waals surface area contributed by atoms with E-state index < -0.39 is 8.24 Å². The average molecular weight is 466 g/mol. The van der Waals surface area contributed by atoms with Crippen LogP contribution < -0.4 is 4.74 Å². The Labute approximate surface area is 178 Å². The van der Waals surface area contributed by atoms with Gasteiger partial charge in [-0.1, -0.05) is 53.7 Å². The Kier molecular flexibility index (Phi) is 7.20. The molecule has 2 aromatic rings. The van der Waals surface area contributed by atoms with Crippen molar-refractivity contribution in [1.29, 1.82) is 0 Å². The lowest BCUT2D eigenvalue weighted by Gasteiger charge is -2.44. The third-order valence-corrected chi connectivity index (χ3v) is 13.2. The van der Waals surface area contributed by atoms with Gasteiger partial charge in [0.25, 0.3) is 0 Å². The van der Waals surface area contributed by atoms with Crippen LogP contribution in [0.25, 0.3) is 11.1 Å². The molecule has 154 valence electrons. The number of nitrogens with zero attached hydrogens (tertiary/aromatic N) is 1. The number of rotatable bonds is 7. The molecule has 6 heteroatoms. The summed E-state index contributed by atoms with van der Waals surface area (Å²) in [6.45, 7) is 13.7. The van der Waals surface area contributed by atoms with Crippen LogP contribution in [0.1, 0.15) is 52.0 Å². The number of hydrogen-bond acceptors (Lipinski definition) is 3. The third-order valence-electron chi connectivity index (χ3n) is 5.91. The highest BCUT2D eigenvalue weighted by Gasteiger charge is 2.47. The van der Waals surface area contributed by atoms with Crippen LogP contribution in [0.3, 0.4) is 0 Å². The highest BCUT2D eigenvalue weighted by molar-refractivity contribution is 9.10. The largest absolute Gasteiger partial charge is 0.497 e. The van der Waals surface area contributed by atoms with E-state index in [9.17, 15) is 4.79 Å². The number of aromatic nitrogens is 1. The molecule has 0 bridgehead atoms. The number of hydrogen-bond donors (Lipinski definition) is 0. The van der Waals surface area contributed by atoms with Crippen LogP contribution in [0.4, 0.5) is 0 Å². The standard InChI is InChI=1S/C22H32BrNO3Si/c1-14(2)28(15(3)4,16(5)6)24-13-19(23)20(21(24)22(25)27-8)17-9-11-18(26-7)12-10-17/h9-16H,1-8H3. The van der Waals surface area contributed by atoms with E-state index >= 15 is 0 Å². The minimum absolute atomic E-state index is 0.296. The highest BCUT2D eigenvalue weighted by atomic mass is 79.9. The molecule has 0 spiro atoms. The van der Waals surface area contributed by atoms with E-state index in [2.05, 4.69) is 67.9 Å². The van der Waals surface area contributed by atoms with Crippen molar-refractivity contribution in [2.45, 2.75) is 58.2 Å². The minimum atomic E-state index is -2.13. The van der Waals surface area contributed by atoms with Crippen molar-refractivity contribution in [3.05, 3.63) is 40.6 Å². The summed E-state index contributed by atoms with van der Waals surface area (Å²) in [5.41, 5.74) is 3.86. The Hall–Kier alpha value is -1.53. The molecule has 0 aliphatic rings. The molecule has 0 fully saturated rings. The summed E-state index contributed by atoms with van der Waals surface area (Å²) in [6, 6.07) is 7.80. The number of halogens is 1. The van der Waals surface area contributed by atoms with Gasteiger partial charge >= 0.3 is 5.97 Å². The van der Waals surface area contributed by atoms with Gasteiger partial charge in [0.05, 0.1) is 14.2 Å². The molecule has 0 atom stereocenters. The number of carbonyl (C=O) groups is 1. The van der Waals surface area contributed by atoms with Crippen molar-refractivity contribution in [3.8, 4) is 16.9 Å². The van der Waals surface area contributed by atoms with Gasteiger partial charge in [-0.3, -0.25) is 0 Å². The lowest BCUT2D eigenvalue weighted by molar-refractivity contribution is 0.0593. The second kappa shape index (κ2) is 8.87. The van der Waals surface area contributed by atoms with Gasteiger partial charge in [0, 0.05) is 16.2 Å². The number of methoxy groups -OCH3 is 2. The highest BCUT2D eigenvalue weighted by Crippen LogP contribution is 2.46. The lowest BCUT2D eigenvalue weighted by atomic mass is 10.1. The Balaban J connectivity index is 2.87. The molecule has 0 saturated heterocycles. The minimum Gasteiger partial charge on any atom is -0.497 e. The normalized spacial score (nSPS) is 12.1. The van der Waals surface area contributed by atoms with Crippen LogP contribution in [-0.2, 0) is 4.74 Å². The van der Waals surface area contributed by atoms with E-state index in [1.165, 1.54) is 7.11 Å². The monoisotopic (exact) mass is 465 g/mol. The van der Waals surface area contributed by atoms with Crippen LogP contribution in [0.2, 0.25) is 16.6 Å². The van der Waals surface area contributed by atoms with Crippen molar-refractivity contribution in [2.24, 2.45) is 0 Å². The van der Waals surface area contributed by atoms with E-state index in [-0.39, 0.29) is 5.97 Å². The Morgan fingerprint density at radius 1 is 0.964 bits per heavy atom. The van der Waals surface area contributed by atoms with Gasteiger partial charge in [-0.15, -0.1) is 0 Å². The first kappa shape index (κ1) is 22.8. The van der Waals surface area contributed by atoms with Crippen molar-refractivity contribution >= 4 is 30.1 Å². The zero-order valence-electron chi connectivity index (χ0n) is 18.2. The van der Waals surface area contributed by atoms with Gasteiger partial charge in [-0.05, 0) is 50.2 Å². The fourth-order valence-corrected chi connectivity index (χ4v) is 12.4. The second-order valence-electron chi connectivity index (χ2n) is 8.14. The number of benzene rings is 1. The molecule has 28 heavy (non-hydrogen) atoms. The average Bonchev–Trinajstić information content (AvgIpc) is 2.97. The lowest BCUT2D eigenvalue weighted by Crippen LogP contribution is -2.52. The first-order valence-electron chi connectivity index (χ1n) is 9.76. The Morgan fingerprint density at radius 2 is 1.46 bits per heavy atom. The summed E-state index contributed by atoms with van der Waals surface area (Å²) in [7, 11) is 0.974. The second-order valence-corrected chi connectivity index (χ2v) is 14.7. The molecule has 2 rings (SSSR count). The molecule has 1 heterocycles. The molecular formula is C22H32BrNO3Si. The molecule has 0 amide bonds. The fourth-order valence-electron chi connectivity index (χ4n) is 4.95. The van der Waals surface area contributed by atoms with Crippen LogP contribution in [0.5, 0.6) is 5.75 Å². The van der Waals surface area contributed by atoms with E-state index in [0.717, 1.165) is 21.3 Å². The van der Waals surface area contributed by atoms with Crippen molar-refractivity contribution < 1.29 is 14.3 Å². The first-order chi connectivity index (χ1) is 13.1. The number of esters is 1. The smallest absolute Gasteiger partial charge is 0.354 e. The first-order valence-corrected chi connectivity index (χ1v) is 12.7. The molecular weight excluding hydrogens is 434 g/mol. The molecule has 0 unspecified atom stereocenters. The number of ether oxygens (including phenoxy) is 2. The topological polar surface area (TPSA) is 40.5 Å². The third kappa shape index (κ3) is 3.69. The molecule has 4 nitrogen and oxygen atoms in total. The van der Waals surface area contributed by atoms with Gasteiger partial charge in [0.15, 0.2) is 8.24 Å². The summed E-state index contributed by atoms with van der Waals surface area (Å²) in [5.74, 6) is 0.490. The molecule has 1 aromatic carbocycles. The van der Waals surface area contributed by atoms with Gasteiger partial charge < -0.3 is 13.7 Å². The fraction of sp³-hybridized carbons (Fsp3) is 0.500. The van der Waals surface area contributed by atoms with Crippen LogP contribution in [-0.4, -0.2) is 32.7 Å². The van der Waals surface area contributed by atoms with E-state index in [0.29, 0.717) is 22.3 Å². The predicted molar refractivity (Wildman–Crippen MR) is 122 cm³/mol. The van der Waals surface area contributed by atoms with Crippen LogP contribution in [0, 0.1) is 0 Å². The maximum absolute atomic E-state index is 13.0. The summed E-state index contributed by atoms with van der Waals surface area (Å²) >= 11 is 3.74. The zero-order valence-corrected chi connectivity index (χ0v) is 20.8. The van der Waals surface area contributed by atoms with Gasteiger partial charge in [0.1, 0.15) is 11.4 Å². The van der Waals surface area contributed by atoms with E-state index in [1.54, 1.807) is 7.11 Å². The van der Waals surface area contributed by atoms with Crippen LogP contribution in [0.15, 0.2) is 34.9 Å². The molecule has 1 aromatic heterocycles. The SMILES string of the molecule is COC(=O)c1c(-c2ccc(OC)cc2)c(Br)cn1[Si](C(C)C)(C(C)C)C(C)C. The molecule has 0 radical (unpaired) electrons. The van der Waals surface area contributed by atoms with Crippen molar-refractivity contribution in [2.75, 3.05) is 14.2 Å². The Bertz CT molecular complexity index is 803. The van der Waals surface area contributed by atoms with Gasteiger partial charge in [0.2, 0.25) is 0 Å². The maximum Gasteiger partial charge on any atom is 0.354 e. The molecule has 0 aliphatic carbocycles. The molecule has 0 N–H and O–H groups in total. The Morgan fingerprint density at radius 3 is 1.86 bits per heavy atom. The van der Waals surface area contributed by atoms with Crippen molar-refractivity contribution in [1.82, 2.24) is 4.23 Å². The summed E-state index contributed by atoms with van der Waals surface area (Å²) in [6.07, 6.45) is 2.11. The summed E-state index contributed by atoms with van der Waals surface area (Å²) in [4.78, 5) is 13.0. The van der Waals surface area contributed by atoms with Gasteiger partial charge in [-0.2, -0.15) is 0 Å². The number of carbonyl (C=O) groups excluding carboxylic acids is 1. The maximum atomic E-state index is 13.0. The zero-order chi connectivity index (χ0) is 21.2. The van der Waals surface area contributed by atoms with E-state index in [1.807, 2.05) is 24.3 Å². The van der Waals surface area contributed by atoms with E-state index in [4.69, 9.17) is 9.47 Å². The molecule has 0 saturated carbocycles. The van der Waals surface area contributed by atoms with Gasteiger partial charge in [-0.25, -0.2) is 4.79 Å². The summed E-state index contributed by atoms with van der Waals surface area (Å²) < 4.78 is 13.7. The summed E-state index contributed by atoms with van der Waals surface area (Å²) in [5, 5.41) is 0. The van der Waals surface area contributed by atoms with Crippen molar-refractivity contribution in [3.63, 3.8) is 0 Å². The quantitative estimate of drug-likeness (QED) is 0.335.